The molecule has 0 spiro atoms. The first-order valence-corrected chi connectivity index (χ1v) is 11.3. The fourth-order valence-corrected chi connectivity index (χ4v) is 4.13. The van der Waals surface area contributed by atoms with E-state index in [0.717, 1.165) is 5.56 Å². The monoisotopic (exact) mass is 484 g/mol. The molecule has 1 aliphatic rings. The Morgan fingerprint density at radius 1 is 1.09 bits per heavy atom. The van der Waals surface area contributed by atoms with Gasteiger partial charge in [-0.1, -0.05) is 32.0 Å². The molecular formula is C26H32N2O7. The molecule has 2 aromatic rings. The molecule has 1 aliphatic heterocycles. The number of carboxylic acids is 1. The van der Waals surface area contributed by atoms with Crippen LogP contribution in [0, 0.1) is 5.92 Å². The average Bonchev–Trinajstić information content (AvgIpc) is 3.08. The number of aliphatic hydroxyl groups is 1. The van der Waals surface area contributed by atoms with Crippen molar-refractivity contribution < 1.29 is 34.0 Å². The fraction of sp³-hybridized carbons (Fsp3) is 0.385. The van der Waals surface area contributed by atoms with Gasteiger partial charge in [0.1, 0.15) is 6.04 Å². The second kappa shape index (κ2) is 11.2. The summed E-state index contributed by atoms with van der Waals surface area (Å²) in [6.07, 6.45) is 0.781. The molecule has 188 valence electrons. The largest absolute Gasteiger partial charge is 0.493 e. The fourth-order valence-electron chi connectivity index (χ4n) is 4.13. The van der Waals surface area contributed by atoms with E-state index in [1.54, 1.807) is 32.1 Å². The number of para-hydroxylation sites is 1. The number of benzene rings is 2. The summed E-state index contributed by atoms with van der Waals surface area (Å²) in [5.41, 5.74) is 2.55. The van der Waals surface area contributed by atoms with Crippen LogP contribution in [0.1, 0.15) is 25.0 Å². The van der Waals surface area contributed by atoms with Crippen LogP contribution in [0.25, 0.3) is 11.6 Å². The van der Waals surface area contributed by atoms with Gasteiger partial charge >= 0.3 is 5.97 Å². The van der Waals surface area contributed by atoms with Gasteiger partial charge in [0.2, 0.25) is 5.75 Å². The van der Waals surface area contributed by atoms with E-state index in [0.29, 0.717) is 34.1 Å². The van der Waals surface area contributed by atoms with Crippen molar-refractivity contribution in [1.82, 2.24) is 5.32 Å². The molecular weight excluding hydrogens is 452 g/mol. The molecule has 2 atom stereocenters. The maximum Gasteiger partial charge on any atom is 0.320 e. The molecule has 0 aromatic heterocycles. The van der Waals surface area contributed by atoms with Gasteiger partial charge in [-0.05, 0) is 35.8 Å². The van der Waals surface area contributed by atoms with E-state index >= 15 is 0 Å². The molecule has 35 heavy (non-hydrogen) atoms. The van der Waals surface area contributed by atoms with Gasteiger partial charge in [-0.3, -0.25) is 9.59 Å². The Labute approximate surface area is 204 Å². The number of nitrogens with zero attached hydrogens (tertiary/aromatic N) is 1. The van der Waals surface area contributed by atoms with Gasteiger partial charge in [-0.2, -0.15) is 0 Å². The number of amides is 1. The quantitative estimate of drug-likeness (QED) is 0.417. The Bertz CT molecular complexity index is 1090. The highest BCUT2D eigenvalue weighted by molar-refractivity contribution is 6.35. The molecule has 0 bridgehead atoms. The van der Waals surface area contributed by atoms with Gasteiger partial charge in [0.05, 0.1) is 39.7 Å². The number of aliphatic hydroxyl groups excluding tert-OH is 1. The highest BCUT2D eigenvalue weighted by Crippen LogP contribution is 2.41. The highest BCUT2D eigenvalue weighted by Gasteiger charge is 2.33. The second-order valence-electron chi connectivity index (χ2n) is 8.57. The number of nitrogens with one attached hydrogen (secondary N) is 1. The smallest absolute Gasteiger partial charge is 0.320 e. The van der Waals surface area contributed by atoms with E-state index in [9.17, 15) is 19.8 Å². The van der Waals surface area contributed by atoms with Gasteiger partial charge in [-0.25, -0.2) is 0 Å². The zero-order valence-corrected chi connectivity index (χ0v) is 20.6. The second-order valence-corrected chi connectivity index (χ2v) is 8.57. The third-order valence-electron chi connectivity index (χ3n) is 5.86. The average molecular weight is 485 g/mol. The summed E-state index contributed by atoms with van der Waals surface area (Å²) in [7, 11) is 4.57. The predicted octanol–water partition coefficient (Wildman–Crippen LogP) is 2.66. The number of hydrogen-bond donors (Lipinski definition) is 3. The van der Waals surface area contributed by atoms with E-state index in [2.05, 4.69) is 5.32 Å². The normalized spacial score (nSPS) is 15.8. The van der Waals surface area contributed by atoms with E-state index in [1.807, 2.05) is 24.3 Å². The first kappa shape index (κ1) is 26.1. The third kappa shape index (κ3) is 5.58. The maximum absolute atomic E-state index is 13.4. The molecule has 0 fully saturated rings. The summed E-state index contributed by atoms with van der Waals surface area (Å²) < 4.78 is 16.2. The third-order valence-corrected chi connectivity index (χ3v) is 5.86. The summed E-state index contributed by atoms with van der Waals surface area (Å²) in [4.78, 5) is 26.4. The number of carbonyl (C=O) groups is 2. The zero-order chi connectivity index (χ0) is 25.7. The Morgan fingerprint density at radius 3 is 2.26 bits per heavy atom. The number of anilines is 1. The van der Waals surface area contributed by atoms with Crippen molar-refractivity contribution in [3.05, 3.63) is 47.5 Å². The van der Waals surface area contributed by atoms with Crippen molar-refractivity contribution in [3.8, 4) is 17.2 Å². The number of β-amino-alcohol motifs (C(OH)–C–C–N with tert-alkyl or cyclic N) is 1. The molecule has 1 amide bonds. The number of carbonyl (C=O) groups excluding carboxylic acids is 1. The van der Waals surface area contributed by atoms with E-state index in [1.165, 1.54) is 26.2 Å². The van der Waals surface area contributed by atoms with Gasteiger partial charge < -0.3 is 34.6 Å². The van der Waals surface area contributed by atoms with Crippen LogP contribution < -0.4 is 24.4 Å². The minimum absolute atomic E-state index is 0.0138. The standard InChI is InChI=1S/C26H32N2O7/c1-15(2)23(26(31)32)27-13-17(29)14-28-20-9-7-6-8-18(20)19(25(28)30)10-16-11-21(33-3)24(35-5)22(12-16)34-4/h6-12,15,17,23,27,29H,13-14H2,1-5H3,(H,31,32)/b19-10-/t17-,23-/m0/s1. The summed E-state index contributed by atoms with van der Waals surface area (Å²) in [5.74, 6) is -0.0127. The molecule has 0 aliphatic carbocycles. The topological polar surface area (TPSA) is 118 Å². The van der Waals surface area contributed by atoms with Gasteiger partial charge in [0.15, 0.2) is 11.5 Å². The Kier molecular flexibility index (Phi) is 8.37. The first-order chi connectivity index (χ1) is 16.7. The minimum atomic E-state index is -0.981. The van der Waals surface area contributed by atoms with Crippen LogP contribution in [0.5, 0.6) is 17.2 Å². The molecule has 3 rings (SSSR count). The SMILES string of the molecule is COc1cc(/C=C2\C(=O)N(C[C@@H](O)CN[C@H](C(=O)O)C(C)C)c3ccccc32)cc(OC)c1OC. The molecule has 1 heterocycles. The van der Waals surface area contributed by atoms with Crippen molar-refractivity contribution >= 4 is 29.2 Å². The van der Waals surface area contributed by atoms with Crippen molar-refractivity contribution in [2.45, 2.75) is 26.0 Å². The minimum Gasteiger partial charge on any atom is -0.493 e. The predicted molar refractivity (Wildman–Crippen MR) is 133 cm³/mol. The van der Waals surface area contributed by atoms with Crippen LogP contribution >= 0.6 is 0 Å². The Hall–Kier alpha value is -3.56. The molecule has 9 nitrogen and oxygen atoms in total. The molecule has 0 unspecified atom stereocenters. The van der Waals surface area contributed by atoms with E-state index in [4.69, 9.17) is 14.2 Å². The molecule has 2 aromatic carbocycles. The number of carboxylic acid groups (broad SMARTS) is 1. The molecule has 0 saturated heterocycles. The van der Waals surface area contributed by atoms with Crippen molar-refractivity contribution in [1.29, 1.82) is 0 Å². The lowest BCUT2D eigenvalue weighted by atomic mass is 10.0. The lowest BCUT2D eigenvalue weighted by Gasteiger charge is -2.24. The van der Waals surface area contributed by atoms with Crippen molar-refractivity contribution in [2.24, 2.45) is 5.92 Å². The van der Waals surface area contributed by atoms with Crippen LogP contribution in [0.15, 0.2) is 36.4 Å². The first-order valence-electron chi connectivity index (χ1n) is 11.3. The summed E-state index contributed by atoms with van der Waals surface area (Å²) in [6, 6.07) is 10.1. The summed E-state index contributed by atoms with van der Waals surface area (Å²) in [6.45, 7) is 3.63. The van der Waals surface area contributed by atoms with Crippen LogP contribution in [0.3, 0.4) is 0 Å². The summed E-state index contributed by atoms with van der Waals surface area (Å²) >= 11 is 0. The van der Waals surface area contributed by atoms with Crippen molar-refractivity contribution in [3.63, 3.8) is 0 Å². The molecule has 9 heteroatoms. The molecule has 0 radical (unpaired) electrons. The highest BCUT2D eigenvalue weighted by atomic mass is 16.5. The molecule has 0 saturated carbocycles. The zero-order valence-electron chi connectivity index (χ0n) is 20.6. The number of hydrogen-bond acceptors (Lipinski definition) is 7. The van der Waals surface area contributed by atoms with Crippen LogP contribution in [0.4, 0.5) is 5.69 Å². The lowest BCUT2D eigenvalue weighted by molar-refractivity contribution is -0.140. The van der Waals surface area contributed by atoms with Crippen molar-refractivity contribution in [2.75, 3.05) is 39.3 Å². The number of ether oxygens (including phenoxy) is 3. The number of fused-ring (bicyclic) bond motifs is 1. The lowest BCUT2D eigenvalue weighted by Crippen LogP contribution is -2.47. The van der Waals surface area contributed by atoms with E-state index in [-0.39, 0.29) is 24.9 Å². The van der Waals surface area contributed by atoms with Gasteiger partial charge in [0, 0.05) is 17.7 Å². The Morgan fingerprint density at radius 2 is 1.71 bits per heavy atom. The number of aliphatic carboxylic acids is 1. The van der Waals surface area contributed by atoms with E-state index < -0.39 is 18.1 Å². The van der Waals surface area contributed by atoms with Gasteiger partial charge in [0.25, 0.3) is 5.91 Å². The summed E-state index contributed by atoms with van der Waals surface area (Å²) in [5, 5.41) is 22.9. The number of methoxy groups -OCH3 is 3. The van der Waals surface area contributed by atoms with Gasteiger partial charge in [-0.15, -0.1) is 0 Å². The van der Waals surface area contributed by atoms with Crippen LogP contribution in [-0.4, -0.2) is 68.7 Å². The van der Waals surface area contributed by atoms with Crippen LogP contribution in [-0.2, 0) is 9.59 Å². The Balaban J connectivity index is 1.89. The number of rotatable bonds is 11. The van der Waals surface area contributed by atoms with Crippen LogP contribution in [0.2, 0.25) is 0 Å². The molecule has 3 N–H and O–H groups in total. The maximum atomic E-state index is 13.4.